The van der Waals surface area contributed by atoms with Gasteiger partial charge in [0.25, 0.3) is 5.91 Å². The molecule has 1 aromatic carbocycles. The second kappa shape index (κ2) is 6.21. The highest BCUT2D eigenvalue weighted by molar-refractivity contribution is 9.10. The van der Waals surface area contributed by atoms with Crippen molar-refractivity contribution >= 4 is 27.9 Å². The van der Waals surface area contributed by atoms with Crippen LogP contribution in [0.4, 0.5) is 9.18 Å². The number of ether oxygens (including phenoxy) is 1. The van der Waals surface area contributed by atoms with E-state index in [1.165, 1.54) is 30.2 Å². The molecule has 108 valence electrons. The molecule has 1 N–H and O–H groups in total. The highest BCUT2D eigenvalue weighted by atomic mass is 79.9. The van der Waals surface area contributed by atoms with Gasteiger partial charge in [0.05, 0.1) is 11.6 Å². The van der Waals surface area contributed by atoms with Gasteiger partial charge in [-0.05, 0) is 40.5 Å². The smallest absolute Gasteiger partial charge is 0.409 e. The lowest BCUT2D eigenvalue weighted by atomic mass is 10.2. The Bertz CT molecular complexity index is 538. The van der Waals surface area contributed by atoms with Gasteiger partial charge in [0.15, 0.2) is 0 Å². The van der Waals surface area contributed by atoms with E-state index in [4.69, 9.17) is 0 Å². The zero-order chi connectivity index (χ0) is 14.7. The van der Waals surface area contributed by atoms with Crippen LogP contribution in [-0.4, -0.2) is 43.1 Å². The van der Waals surface area contributed by atoms with E-state index in [-0.39, 0.29) is 16.4 Å². The Labute approximate surface area is 124 Å². The minimum Gasteiger partial charge on any atom is -0.453 e. The van der Waals surface area contributed by atoms with Crippen LogP contribution >= 0.6 is 15.9 Å². The third kappa shape index (κ3) is 3.27. The van der Waals surface area contributed by atoms with E-state index in [1.54, 1.807) is 0 Å². The quantitative estimate of drug-likeness (QED) is 0.894. The number of nitrogens with one attached hydrogen (secondary N) is 1. The molecular formula is C13H14BrFN2O3. The number of carbonyl (C=O) groups is 2. The molecule has 1 aliphatic rings. The standard InChI is InChI=1S/C13H14BrFN2O3/c1-20-13(19)17-5-4-9(7-17)16-12(18)8-2-3-11(15)10(14)6-8/h2-3,6,9H,4-5,7H2,1H3,(H,16,18)/t9-/m1/s1. The molecule has 0 radical (unpaired) electrons. The van der Waals surface area contributed by atoms with Gasteiger partial charge in [0, 0.05) is 24.7 Å². The fourth-order valence-electron chi connectivity index (χ4n) is 2.08. The molecule has 1 aromatic rings. The number of amides is 2. The topological polar surface area (TPSA) is 58.6 Å². The van der Waals surface area contributed by atoms with Crippen LogP contribution in [0.1, 0.15) is 16.8 Å². The molecule has 0 aliphatic carbocycles. The maximum atomic E-state index is 13.1. The molecule has 0 spiro atoms. The third-order valence-corrected chi connectivity index (χ3v) is 3.75. The summed E-state index contributed by atoms with van der Waals surface area (Å²) in [7, 11) is 1.32. The number of halogens is 2. The van der Waals surface area contributed by atoms with E-state index in [9.17, 15) is 14.0 Å². The predicted molar refractivity (Wildman–Crippen MR) is 73.9 cm³/mol. The molecule has 1 fully saturated rings. The first-order valence-corrected chi connectivity index (χ1v) is 6.89. The first kappa shape index (κ1) is 14.8. The Kier molecular flexibility index (Phi) is 4.59. The number of nitrogens with zero attached hydrogens (tertiary/aromatic N) is 1. The van der Waals surface area contributed by atoms with Crippen LogP contribution < -0.4 is 5.32 Å². The highest BCUT2D eigenvalue weighted by Gasteiger charge is 2.28. The average molecular weight is 345 g/mol. The van der Waals surface area contributed by atoms with Crippen molar-refractivity contribution in [2.75, 3.05) is 20.2 Å². The monoisotopic (exact) mass is 344 g/mol. The number of carbonyl (C=O) groups excluding carboxylic acids is 2. The lowest BCUT2D eigenvalue weighted by Gasteiger charge is -2.15. The molecule has 1 saturated heterocycles. The largest absolute Gasteiger partial charge is 0.453 e. The number of methoxy groups -OCH3 is 1. The van der Waals surface area contributed by atoms with E-state index in [2.05, 4.69) is 26.0 Å². The van der Waals surface area contributed by atoms with Crippen molar-refractivity contribution in [3.8, 4) is 0 Å². The van der Waals surface area contributed by atoms with Crippen molar-refractivity contribution < 1.29 is 18.7 Å². The van der Waals surface area contributed by atoms with Crippen LogP contribution in [0.3, 0.4) is 0 Å². The fourth-order valence-corrected chi connectivity index (χ4v) is 2.46. The fraction of sp³-hybridized carbons (Fsp3) is 0.385. The molecule has 0 aromatic heterocycles. The normalized spacial score (nSPS) is 17.9. The lowest BCUT2D eigenvalue weighted by molar-refractivity contribution is 0.0934. The van der Waals surface area contributed by atoms with E-state index >= 15 is 0 Å². The molecule has 1 aliphatic heterocycles. The van der Waals surface area contributed by atoms with Crippen LogP contribution in [0.25, 0.3) is 0 Å². The number of benzene rings is 1. The van der Waals surface area contributed by atoms with Gasteiger partial charge in [0.1, 0.15) is 5.82 Å². The highest BCUT2D eigenvalue weighted by Crippen LogP contribution is 2.17. The maximum absolute atomic E-state index is 13.1. The second-order valence-corrected chi connectivity index (χ2v) is 5.36. The van der Waals surface area contributed by atoms with Gasteiger partial charge >= 0.3 is 6.09 Å². The van der Waals surface area contributed by atoms with Gasteiger partial charge in [-0.15, -0.1) is 0 Å². The van der Waals surface area contributed by atoms with E-state index < -0.39 is 11.9 Å². The summed E-state index contributed by atoms with van der Waals surface area (Å²) < 4.78 is 18.0. The van der Waals surface area contributed by atoms with Gasteiger partial charge in [-0.25, -0.2) is 9.18 Å². The summed E-state index contributed by atoms with van der Waals surface area (Å²) in [5.74, 6) is -0.707. The molecule has 0 unspecified atom stereocenters. The van der Waals surface area contributed by atoms with Crippen LogP contribution in [0.15, 0.2) is 22.7 Å². The second-order valence-electron chi connectivity index (χ2n) is 4.50. The van der Waals surface area contributed by atoms with Gasteiger partial charge in [0.2, 0.25) is 0 Å². The molecule has 1 atom stereocenters. The predicted octanol–water partition coefficient (Wildman–Crippen LogP) is 2.16. The summed E-state index contributed by atoms with van der Waals surface area (Å²) >= 11 is 3.04. The minimum absolute atomic E-state index is 0.120. The van der Waals surface area contributed by atoms with E-state index in [0.29, 0.717) is 25.1 Å². The molecule has 1 heterocycles. The molecule has 2 amide bonds. The van der Waals surface area contributed by atoms with Crippen molar-refractivity contribution in [2.24, 2.45) is 0 Å². The molecule has 20 heavy (non-hydrogen) atoms. The van der Waals surface area contributed by atoms with E-state index in [0.717, 1.165) is 0 Å². The Morgan fingerprint density at radius 1 is 1.50 bits per heavy atom. The number of hydrogen-bond acceptors (Lipinski definition) is 3. The molecule has 0 saturated carbocycles. The average Bonchev–Trinajstić information content (AvgIpc) is 2.89. The zero-order valence-corrected chi connectivity index (χ0v) is 12.4. The minimum atomic E-state index is -0.417. The van der Waals surface area contributed by atoms with Gasteiger partial charge in [-0.1, -0.05) is 0 Å². The van der Waals surface area contributed by atoms with Gasteiger partial charge in [-0.2, -0.15) is 0 Å². The summed E-state index contributed by atoms with van der Waals surface area (Å²) in [5.41, 5.74) is 0.370. The summed E-state index contributed by atoms with van der Waals surface area (Å²) in [6, 6.07) is 3.96. The van der Waals surface area contributed by atoms with Gasteiger partial charge < -0.3 is 15.0 Å². The Morgan fingerprint density at radius 2 is 2.25 bits per heavy atom. The molecule has 7 heteroatoms. The molecule has 5 nitrogen and oxygen atoms in total. The summed E-state index contributed by atoms with van der Waals surface area (Å²) in [6.07, 6.45) is 0.273. The summed E-state index contributed by atoms with van der Waals surface area (Å²) in [6.45, 7) is 0.964. The zero-order valence-electron chi connectivity index (χ0n) is 10.9. The summed E-state index contributed by atoms with van der Waals surface area (Å²) in [5, 5.41) is 2.82. The van der Waals surface area contributed by atoms with Crippen molar-refractivity contribution in [3.63, 3.8) is 0 Å². The van der Waals surface area contributed by atoms with Gasteiger partial charge in [-0.3, -0.25) is 4.79 Å². The van der Waals surface area contributed by atoms with Crippen molar-refractivity contribution in [2.45, 2.75) is 12.5 Å². The number of likely N-dealkylation sites (tertiary alicyclic amines) is 1. The van der Waals surface area contributed by atoms with Crippen LogP contribution in [0.5, 0.6) is 0 Å². The first-order valence-electron chi connectivity index (χ1n) is 6.10. The first-order chi connectivity index (χ1) is 9.51. The molecule has 2 rings (SSSR count). The number of hydrogen-bond donors (Lipinski definition) is 1. The van der Waals surface area contributed by atoms with Crippen molar-refractivity contribution in [3.05, 3.63) is 34.1 Å². The lowest BCUT2D eigenvalue weighted by Crippen LogP contribution is -2.38. The number of rotatable bonds is 2. The maximum Gasteiger partial charge on any atom is 0.409 e. The van der Waals surface area contributed by atoms with Crippen LogP contribution in [-0.2, 0) is 4.74 Å². The van der Waals surface area contributed by atoms with Crippen LogP contribution in [0, 0.1) is 5.82 Å². The van der Waals surface area contributed by atoms with E-state index in [1.807, 2.05) is 0 Å². The molecule has 0 bridgehead atoms. The summed E-state index contributed by atoms with van der Waals surface area (Å²) in [4.78, 5) is 24.9. The van der Waals surface area contributed by atoms with Crippen molar-refractivity contribution in [1.29, 1.82) is 0 Å². The molecular weight excluding hydrogens is 331 g/mol. The Hall–Kier alpha value is -1.63. The third-order valence-electron chi connectivity index (χ3n) is 3.14. The Morgan fingerprint density at radius 3 is 2.90 bits per heavy atom. The van der Waals surface area contributed by atoms with Crippen molar-refractivity contribution in [1.82, 2.24) is 10.2 Å². The van der Waals surface area contributed by atoms with Crippen LogP contribution in [0.2, 0.25) is 0 Å². The SMILES string of the molecule is COC(=O)N1CC[C@@H](NC(=O)c2ccc(F)c(Br)c2)C1. The Balaban J connectivity index is 1.95.